The first-order chi connectivity index (χ1) is 7.15. The lowest BCUT2D eigenvalue weighted by atomic mass is 10.2. The highest BCUT2D eigenvalue weighted by Crippen LogP contribution is 2.23. The van der Waals surface area contributed by atoms with E-state index in [0.717, 1.165) is 19.3 Å². The number of methoxy groups -OCH3 is 1. The summed E-state index contributed by atoms with van der Waals surface area (Å²) >= 11 is 0. The van der Waals surface area contributed by atoms with Crippen LogP contribution in [-0.4, -0.2) is 60.0 Å². The molecule has 5 heteroatoms. The van der Waals surface area contributed by atoms with Crippen molar-refractivity contribution in [3.63, 3.8) is 0 Å². The fraction of sp³-hybridized carbons (Fsp3) is 0.900. The van der Waals surface area contributed by atoms with Gasteiger partial charge in [0.05, 0.1) is 19.3 Å². The van der Waals surface area contributed by atoms with E-state index >= 15 is 0 Å². The molecule has 1 rings (SSSR count). The number of aliphatic hydroxyl groups excluding tert-OH is 1. The molecule has 0 amide bonds. The second-order valence-electron chi connectivity index (χ2n) is 3.92. The van der Waals surface area contributed by atoms with Gasteiger partial charge in [0.2, 0.25) is 0 Å². The molecular formula is C10H19NO4. The lowest BCUT2D eigenvalue weighted by molar-refractivity contribution is -0.139. The van der Waals surface area contributed by atoms with Gasteiger partial charge in [-0.15, -0.1) is 0 Å². The van der Waals surface area contributed by atoms with Gasteiger partial charge in [0.25, 0.3) is 0 Å². The first-order valence-electron chi connectivity index (χ1n) is 5.28. The first-order valence-corrected chi connectivity index (χ1v) is 5.28. The maximum Gasteiger partial charge on any atom is 0.317 e. The van der Waals surface area contributed by atoms with Gasteiger partial charge in [0, 0.05) is 19.7 Å². The van der Waals surface area contributed by atoms with Crippen molar-refractivity contribution in [2.24, 2.45) is 0 Å². The summed E-state index contributed by atoms with van der Waals surface area (Å²) in [6.07, 6.45) is 2.22. The van der Waals surface area contributed by atoms with Gasteiger partial charge < -0.3 is 14.9 Å². The highest BCUT2D eigenvalue weighted by Gasteiger charge is 2.31. The molecule has 15 heavy (non-hydrogen) atoms. The number of carboxylic acids is 1. The van der Waals surface area contributed by atoms with E-state index < -0.39 is 5.97 Å². The number of rotatable bonds is 6. The van der Waals surface area contributed by atoms with Crippen LogP contribution in [0.4, 0.5) is 0 Å². The Bertz CT molecular complexity index is 210. The van der Waals surface area contributed by atoms with Gasteiger partial charge in [-0.3, -0.25) is 9.69 Å². The zero-order valence-corrected chi connectivity index (χ0v) is 9.06. The number of carbonyl (C=O) groups is 1. The van der Waals surface area contributed by atoms with Crippen molar-refractivity contribution < 1.29 is 19.7 Å². The number of nitrogens with zero attached hydrogens (tertiary/aromatic N) is 1. The minimum absolute atomic E-state index is 0.0174. The molecule has 0 aromatic carbocycles. The molecule has 2 N–H and O–H groups in total. The topological polar surface area (TPSA) is 70.0 Å². The van der Waals surface area contributed by atoms with E-state index in [2.05, 4.69) is 0 Å². The third-order valence-corrected chi connectivity index (χ3v) is 2.83. The average Bonchev–Trinajstić information content (AvgIpc) is 2.58. The lowest BCUT2D eigenvalue weighted by Gasteiger charge is -2.29. The van der Waals surface area contributed by atoms with Crippen molar-refractivity contribution in [3.8, 4) is 0 Å². The summed E-state index contributed by atoms with van der Waals surface area (Å²) in [5.74, 6) is -0.856. The maximum absolute atomic E-state index is 10.7. The summed E-state index contributed by atoms with van der Waals surface area (Å²) in [7, 11) is 1.59. The molecule has 0 aliphatic heterocycles. The molecule has 5 nitrogen and oxygen atoms in total. The van der Waals surface area contributed by atoms with Gasteiger partial charge in [0.1, 0.15) is 0 Å². The Kier molecular flexibility index (Phi) is 5.01. The van der Waals surface area contributed by atoms with Gasteiger partial charge >= 0.3 is 5.97 Å². The Morgan fingerprint density at radius 2 is 2.27 bits per heavy atom. The fourth-order valence-electron chi connectivity index (χ4n) is 2.09. The number of ether oxygens (including phenoxy) is 1. The third-order valence-electron chi connectivity index (χ3n) is 2.83. The van der Waals surface area contributed by atoms with Crippen molar-refractivity contribution >= 4 is 5.97 Å². The van der Waals surface area contributed by atoms with Crippen LogP contribution in [0.2, 0.25) is 0 Å². The van der Waals surface area contributed by atoms with Crippen LogP contribution in [0.25, 0.3) is 0 Å². The smallest absolute Gasteiger partial charge is 0.317 e. The second kappa shape index (κ2) is 6.05. The van der Waals surface area contributed by atoms with Crippen LogP contribution in [0.5, 0.6) is 0 Å². The minimum Gasteiger partial charge on any atom is -0.480 e. The van der Waals surface area contributed by atoms with Gasteiger partial charge in [-0.05, 0) is 19.3 Å². The highest BCUT2D eigenvalue weighted by atomic mass is 16.5. The number of aliphatic carboxylic acids is 1. The standard InChI is InChI=1S/C10H19NO4/c1-15-6-5-11(7-10(13)14)8-3-2-4-9(8)12/h8-9,12H,2-7H2,1H3,(H,13,14). The molecule has 1 aliphatic carbocycles. The molecular weight excluding hydrogens is 198 g/mol. The van der Waals surface area contributed by atoms with Crippen LogP contribution in [0, 0.1) is 0 Å². The molecule has 0 heterocycles. The lowest BCUT2D eigenvalue weighted by Crippen LogP contribution is -2.44. The summed E-state index contributed by atoms with van der Waals surface area (Å²) in [6.45, 7) is 1.03. The van der Waals surface area contributed by atoms with Crippen LogP contribution in [0.3, 0.4) is 0 Å². The van der Waals surface area contributed by atoms with Crippen LogP contribution in [0.1, 0.15) is 19.3 Å². The quantitative estimate of drug-likeness (QED) is 0.652. The normalized spacial score (nSPS) is 26.1. The molecule has 2 atom stereocenters. The Morgan fingerprint density at radius 3 is 2.73 bits per heavy atom. The third kappa shape index (κ3) is 3.77. The van der Waals surface area contributed by atoms with Crippen LogP contribution < -0.4 is 0 Å². The molecule has 0 spiro atoms. The molecule has 1 aliphatic rings. The Morgan fingerprint density at radius 1 is 1.53 bits per heavy atom. The minimum atomic E-state index is -0.856. The number of hydrogen-bond donors (Lipinski definition) is 2. The summed E-state index contributed by atoms with van der Waals surface area (Å²) in [5, 5.41) is 18.5. The highest BCUT2D eigenvalue weighted by molar-refractivity contribution is 5.69. The van der Waals surface area contributed by atoms with Gasteiger partial charge in [-0.1, -0.05) is 0 Å². The average molecular weight is 217 g/mol. The first kappa shape index (κ1) is 12.4. The van der Waals surface area contributed by atoms with E-state index in [1.54, 1.807) is 12.0 Å². The molecule has 0 saturated heterocycles. The van der Waals surface area contributed by atoms with Crippen molar-refractivity contribution in [2.45, 2.75) is 31.4 Å². The van der Waals surface area contributed by atoms with Crippen LogP contribution in [-0.2, 0) is 9.53 Å². The van der Waals surface area contributed by atoms with Crippen molar-refractivity contribution in [2.75, 3.05) is 26.8 Å². The van der Waals surface area contributed by atoms with Crippen LogP contribution >= 0.6 is 0 Å². The van der Waals surface area contributed by atoms with E-state index in [-0.39, 0.29) is 18.7 Å². The van der Waals surface area contributed by atoms with Crippen molar-refractivity contribution in [1.29, 1.82) is 0 Å². The Labute approximate surface area is 89.6 Å². The summed E-state index contributed by atoms with van der Waals surface area (Å²) < 4.78 is 4.93. The van der Waals surface area contributed by atoms with E-state index in [1.165, 1.54) is 0 Å². The van der Waals surface area contributed by atoms with Crippen molar-refractivity contribution in [3.05, 3.63) is 0 Å². The number of aliphatic hydroxyl groups is 1. The SMILES string of the molecule is COCCN(CC(=O)O)C1CCCC1O. The van der Waals surface area contributed by atoms with Gasteiger partial charge in [-0.2, -0.15) is 0 Å². The van der Waals surface area contributed by atoms with Crippen LogP contribution in [0.15, 0.2) is 0 Å². The monoisotopic (exact) mass is 217 g/mol. The largest absolute Gasteiger partial charge is 0.480 e. The van der Waals surface area contributed by atoms with E-state index in [0.29, 0.717) is 13.2 Å². The summed E-state index contributed by atoms with van der Waals surface area (Å²) in [4.78, 5) is 12.5. The molecule has 88 valence electrons. The van der Waals surface area contributed by atoms with Crippen molar-refractivity contribution in [1.82, 2.24) is 4.90 Å². The molecule has 1 saturated carbocycles. The summed E-state index contributed by atoms with van der Waals surface area (Å²) in [6, 6.07) is -0.0174. The number of carboxylic acid groups (broad SMARTS) is 1. The van der Waals surface area contributed by atoms with E-state index in [4.69, 9.17) is 9.84 Å². The predicted molar refractivity (Wildman–Crippen MR) is 54.7 cm³/mol. The molecule has 0 radical (unpaired) electrons. The summed E-state index contributed by atoms with van der Waals surface area (Å²) in [5.41, 5.74) is 0. The van der Waals surface area contributed by atoms with Gasteiger partial charge in [0.15, 0.2) is 0 Å². The Hall–Kier alpha value is -0.650. The van der Waals surface area contributed by atoms with E-state index in [9.17, 15) is 9.90 Å². The Balaban J connectivity index is 2.49. The van der Waals surface area contributed by atoms with Gasteiger partial charge in [-0.25, -0.2) is 0 Å². The second-order valence-corrected chi connectivity index (χ2v) is 3.92. The van der Waals surface area contributed by atoms with E-state index in [1.807, 2.05) is 0 Å². The zero-order valence-electron chi connectivity index (χ0n) is 9.06. The molecule has 2 unspecified atom stereocenters. The molecule has 1 fully saturated rings. The molecule has 0 aromatic rings. The number of hydrogen-bond acceptors (Lipinski definition) is 4. The predicted octanol–water partition coefficient (Wildman–Crippen LogP) is -0.0672. The maximum atomic E-state index is 10.7. The fourth-order valence-corrected chi connectivity index (χ4v) is 2.09. The molecule has 0 bridgehead atoms. The zero-order chi connectivity index (χ0) is 11.3. The molecule has 0 aromatic heterocycles.